The summed E-state index contributed by atoms with van der Waals surface area (Å²) < 4.78 is 0. The minimum Gasteiger partial charge on any atom is -0.397 e. The van der Waals surface area contributed by atoms with Gasteiger partial charge in [-0.1, -0.05) is 72.8 Å². The van der Waals surface area contributed by atoms with Crippen LogP contribution in [0.5, 0.6) is 0 Å². The zero-order valence-electron chi connectivity index (χ0n) is 12.2. The van der Waals surface area contributed by atoms with Gasteiger partial charge >= 0.3 is 0 Å². The minimum absolute atomic E-state index is 0.250. The molecule has 0 aliphatic rings. The predicted molar refractivity (Wildman–Crippen MR) is 87.3 cm³/mol. The van der Waals surface area contributed by atoms with E-state index in [0.29, 0.717) is 0 Å². The third-order valence-electron chi connectivity index (χ3n) is 2.07. The van der Waals surface area contributed by atoms with E-state index >= 15 is 0 Å². The molecular formula is C18H24O2. The quantitative estimate of drug-likeness (QED) is 0.815. The van der Waals surface area contributed by atoms with Crippen molar-refractivity contribution in [1.82, 2.24) is 0 Å². The molecule has 0 spiro atoms. The molecule has 0 saturated carbocycles. The minimum atomic E-state index is 0.250. The lowest BCUT2D eigenvalue weighted by Crippen LogP contribution is -1.70. The SMILES string of the molecule is C(=C\c1ccccc1)/c1ccccc1.CCO.CCO. The molecule has 0 amide bonds. The van der Waals surface area contributed by atoms with Crippen LogP contribution >= 0.6 is 0 Å². The van der Waals surface area contributed by atoms with Crippen LogP contribution in [0.2, 0.25) is 0 Å². The molecule has 0 bridgehead atoms. The van der Waals surface area contributed by atoms with Crippen LogP contribution in [0.3, 0.4) is 0 Å². The highest BCUT2D eigenvalue weighted by molar-refractivity contribution is 5.69. The van der Waals surface area contributed by atoms with Gasteiger partial charge in [0.05, 0.1) is 0 Å². The van der Waals surface area contributed by atoms with Crippen LogP contribution in [-0.4, -0.2) is 23.4 Å². The fourth-order valence-electron chi connectivity index (χ4n) is 1.32. The van der Waals surface area contributed by atoms with Gasteiger partial charge in [-0.3, -0.25) is 0 Å². The zero-order valence-corrected chi connectivity index (χ0v) is 12.2. The van der Waals surface area contributed by atoms with Crippen molar-refractivity contribution in [1.29, 1.82) is 0 Å². The number of aliphatic hydroxyl groups is 2. The van der Waals surface area contributed by atoms with Crippen LogP contribution in [0.4, 0.5) is 0 Å². The van der Waals surface area contributed by atoms with Gasteiger partial charge in [0.1, 0.15) is 0 Å². The molecule has 0 unspecified atom stereocenters. The monoisotopic (exact) mass is 272 g/mol. The molecule has 2 aromatic rings. The summed E-state index contributed by atoms with van der Waals surface area (Å²) in [5.41, 5.74) is 2.47. The Balaban J connectivity index is 0.000000520. The molecule has 0 aromatic heterocycles. The second kappa shape index (κ2) is 13.5. The number of hydrogen-bond donors (Lipinski definition) is 2. The van der Waals surface area contributed by atoms with Gasteiger partial charge in [0.15, 0.2) is 0 Å². The lowest BCUT2D eigenvalue weighted by molar-refractivity contribution is 0.318. The molecule has 2 nitrogen and oxygen atoms in total. The molecule has 2 aromatic carbocycles. The maximum absolute atomic E-state index is 7.57. The number of aliphatic hydroxyl groups excluding tert-OH is 2. The van der Waals surface area contributed by atoms with E-state index < -0.39 is 0 Å². The topological polar surface area (TPSA) is 40.5 Å². The average molecular weight is 272 g/mol. The van der Waals surface area contributed by atoms with E-state index in [-0.39, 0.29) is 13.2 Å². The molecule has 20 heavy (non-hydrogen) atoms. The predicted octanol–water partition coefficient (Wildman–Crippen LogP) is 3.85. The summed E-state index contributed by atoms with van der Waals surface area (Å²) in [6, 6.07) is 20.6. The van der Waals surface area contributed by atoms with Gasteiger partial charge in [0, 0.05) is 13.2 Å². The van der Waals surface area contributed by atoms with Crippen molar-refractivity contribution in [3.8, 4) is 0 Å². The van der Waals surface area contributed by atoms with E-state index in [1.807, 2.05) is 36.4 Å². The van der Waals surface area contributed by atoms with Crippen molar-refractivity contribution < 1.29 is 10.2 Å². The van der Waals surface area contributed by atoms with Crippen molar-refractivity contribution in [2.24, 2.45) is 0 Å². The number of benzene rings is 2. The van der Waals surface area contributed by atoms with Gasteiger partial charge in [0.2, 0.25) is 0 Å². The van der Waals surface area contributed by atoms with E-state index in [0.717, 1.165) is 0 Å². The Morgan fingerprint density at radius 3 is 1.15 bits per heavy atom. The Labute approximate surface area is 122 Å². The normalized spacial score (nSPS) is 9.20. The molecule has 2 rings (SSSR count). The highest BCUT2D eigenvalue weighted by Crippen LogP contribution is 2.06. The molecule has 0 fully saturated rings. The van der Waals surface area contributed by atoms with Gasteiger partial charge in [0.25, 0.3) is 0 Å². The summed E-state index contributed by atoms with van der Waals surface area (Å²) in [5.74, 6) is 0. The highest BCUT2D eigenvalue weighted by atomic mass is 16.3. The fraction of sp³-hybridized carbons (Fsp3) is 0.222. The molecule has 0 aliphatic carbocycles. The third kappa shape index (κ3) is 10.1. The molecule has 2 N–H and O–H groups in total. The zero-order chi connectivity index (χ0) is 15.1. The van der Waals surface area contributed by atoms with E-state index in [2.05, 4.69) is 36.4 Å². The van der Waals surface area contributed by atoms with Crippen molar-refractivity contribution in [2.45, 2.75) is 13.8 Å². The number of rotatable bonds is 2. The Hall–Kier alpha value is -1.90. The lowest BCUT2D eigenvalue weighted by Gasteiger charge is -1.92. The van der Waals surface area contributed by atoms with Gasteiger partial charge in [-0.05, 0) is 25.0 Å². The maximum Gasteiger partial charge on any atom is 0.0402 e. The first-order chi connectivity index (χ1) is 9.78. The summed E-state index contributed by atoms with van der Waals surface area (Å²) in [5, 5.41) is 15.1. The van der Waals surface area contributed by atoms with Crippen LogP contribution in [0.1, 0.15) is 25.0 Å². The molecule has 0 aliphatic heterocycles. The molecule has 0 saturated heterocycles. The van der Waals surface area contributed by atoms with E-state index in [1.54, 1.807) is 13.8 Å². The van der Waals surface area contributed by atoms with Gasteiger partial charge in [-0.15, -0.1) is 0 Å². The Kier molecular flexibility index (Phi) is 12.2. The largest absolute Gasteiger partial charge is 0.397 e. The summed E-state index contributed by atoms with van der Waals surface area (Å²) in [6.45, 7) is 3.86. The molecule has 0 heterocycles. The molecular weight excluding hydrogens is 248 g/mol. The fourth-order valence-corrected chi connectivity index (χ4v) is 1.32. The first-order valence-electron chi connectivity index (χ1n) is 6.78. The van der Waals surface area contributed by atoms with E-state index in [4.69, 9.17) is 10.2 Å². The second-order valence-corrected chi connectivity index (χ2v) is 3.79. The first kappa shape index (κ1) is 18.1. The Bertz CT molecular complexity index is 392. The Morgan fingerprint density at radius 2 is 0.900 bits per heavy atom. The van der Waals surface area contributed by atoms with E-state index in [1.165, 1.54) is 11.1 Å². The standard InChI is InChI=1S/C14H12.2C2H6O/c1-3-7-13(8-4-1)11-12-14-9-5-2-6-10-14;2*1-2-3/h1-12H;2*3H,2H2,1H3/b12-11+;;. The van der Waals surface area contributed by atoms with E-state index in [9.17, 15) is 0 Å². The average Bonchev–Trinajstić information content (AvgIpc) is 2.49. The summed E-state index contributed by atoms with van der Waals surface area (Å²) in [7, 11) is 0. The van der Waals surface area contributed by atoms with Gasteiger partial charge < -0.3 is 10.2 Å². The molecule has 0 atom stereocenters. The Morgan fingerprint density at radius 1 is 0.650 bits per heavy atom. The summed E-state index contributed by atoms with van der Waals surface area (Å²) in [4.78, 5) is 0. The lowest BCUT2D eigenvalue weighted by atomic mass is 10.1. The van der Waals surface area contributed by atoms with Gasteiger partial charge in [-0.25, -0.2) is 0 Å². The highest BCUT2D eigenvalue weighted by Gasteiger charge is 1.84. The van der Waals surface area contributed by atoms with Crippen LogP contribution in [-0.2, 0) is 0 Å². The van der Waals surface area contributed by atoms with Gasteiger partial charge in [-0.2, -0.15) is 0 Å². The van der Waals surface area contributed by atoms with Crippen molar-refractivity contribution in [3.05, 3.63) is 71.8 Å². The second-order valence-electron chi connectivity index (χ2n) is 3.79. The smallest absolute Gasteiger partial charge is 0.0402 e. The number of hydrogen-bond acceptors (Lipinski definition) is 2. The van der Waals surface area contributed by atoms with Crippen molar-refractivity contribution in [3.63, 3.8) is 0 Å². The molecule has 108 valence electrons. The molecule has 2 heteroatoms. The van der Waals surface area contributed by atoms with Crippen molar-refractivity contribution >= 4 is 12.2 Å². The third-order valence-corrected chi connectivity index (χ3v) is 2.07. The summed E-state index contributed by atoms with van der Waals surface area (Å²) >= 11 is 0. The maximum atomic E-state index is 7.57. The molecule has 0 radical (unpaired) electrons. The van der Waals surface area contributed by atoms with Crippen molar-refractivity contribution in [2.75, 3.05) is 13.2 Å². The summed E-state index contributed by atoms with van der Waals surface area (Å²) in [6.07, 6.45) is 4.24. The van der Waals surface area contributed by atoms with Crippen LogP contribution in [0.15, 0.2) is 60.7 Å². The van der Waals surface area contributed by atoms with Crippen LogP contribution < -0.4 is 0 Å². The van der Waals surface area contributed by atoms with Crippen LogP contribution in [0, 0.1) is 0 Å². The van der Waals surface area contributed by atoms with Crippen LogP contribution in [0.25, 0.3) is 12.2 Å². The first-order valence-corrected chi connectivity index (χ1v) is 6.78.